The highest BCUT2D eigenvalue weighted by Gasteiger charge is 2.16. The van der Waals surface area contributed by atoms with Crippen molar-refractivity contribution in [2.45, 2.75) is 19.4 Å². The first kappa shape index (κ1) is 8.92. The van der Waals surface area contributed by atoms with Gasteiger partial charge in [0.25, 0.3) is 0 Å². The molecular formula is C7H14O2. The Morgan fingerprint density at radius 1 is 1.44 bits per heavy atom. The summed E-state index contributed by atoms with van der Waals surface area (Å²) in [6.45, 7) is 8.39. The van der Waals surface area contributed by atoms with Gasteiger partial charge in [0.15, 0.2) is 0 Å². The Bertz CT molecular complexity index is 61.3. The van der Waals surface area contributed by atoms with Crippen LogP contribution in [0.2, 0.25) is 0 Å². The normalized spacial score (nSPS) is 12.0. The molecule has 0 aliphatic heterocycles. The molecule has 9 heavy (non-hydrogen) atoms. The average molecular weight is 130 g/mol. The molecule has 2 nitrogen and oxygen atoms in total. The van der Waals surface area contributed by atoms with Gasteiger partial charge in [0.2, 0.25) is 0 Å². The molecule has 0 saturated carbocycles. The molecule has 0 amide bonds. The Balaban J connectivity index is 3.43. The second kappa shape index (κ2) is 3.85. The summed E-state index contributed by atoms with van der Waals surface area (Å²) < 4.78 is 9.85. The molecule has 0 bridgehead atoms. The topological polar surface area (TPSA) is 18.5 Å². The van der Waals surface area contributed by atoms with E-state index in [9.17, 15) is 0 Å². The summed E-state index contributed by atoms with van der Waals surface area (Å²) in [4.78, 5) is 0. The van der Waals surface area contributed by atoms with Crippen molar-refractivity contribution in [2.75, 3.05) is 13.2 Å². The fourth-order valence-corrected chi connectivity index (χ4v) is 0.564. The van der Waals surface area contributed by atoms with Gasteiger partial charge in [-0.05, 0) is 20.8 Å². The molecule has 0 spiro atoms. The Morgan fingerprint density at radius 3 is 2.33 bits per heavy atom. The lowest BCUT2D eigenvalue weighted by Crippen LogP contribution is -2.29. The molecule has 54 valence electrons. The second-order valence-corrected chi connectivity index (χ2v) is 2.46. The van der Waals surface area contributed by atoms with Gasteiger partial charge in [0.05, 0.1) is 19.3 Å². The van der Waals surface area contributed by atoms with Crippen molar-refractivity contribution in [2.24, 2.45) is 0 Å². The van der Waals surface area contributed by atoms with Crippen molar-refractivity contribution in [1.29, 1.82) is 0 Å². The van der Waals surface area contributed by atoms with Gasteiger partial charge in [-0.1, -0.05) is 0 Å². The van der Waals surface area contributed by atoms with Crippen molar-refractivity contribution in [3.05, 3.63) is 14.0 Å². The average Bonchev–Trinajstić information content (AvgIpc) is 1.64. The lowest BCUT2D eigenvalue weighted by atomic mass is 10.1. The van der Waals surface area contributed by atoms with Gasteiger partial charge in [-0.3, -0.25) is 0 Å². The van der Waals surface area contributed by atoms with Crippen LogP contribution in [0.3, 0.4) is 0 Å². The molecular weight excluding hydrogens is 116 g/mol. The van der Waals surface area contributed by atoms with Crippen LogP contribution in [0.25, 0.3) is 0 Å². The Labute approximate surface area is 57.2 Å². The predicted octanol–water partition coefficient (Wildman–Crippen LogP) is 1.42. The van der Waals surface area contributed by atoms with Gasteiger partial charge in [-0.25, -0.2) is 0 Å². The van der Waals surface area contributed by atoms with Crippen molar-refractivity contribution in [3.63, 3.8) is 0 Å². The largest absolute Gasteiger partial charge is 0.376 e. The maximum atomic E-state index is 5.19. The van der Waals surface area contributed by atoms with E-state index in [1.807, 2.05) is 13.8 Å². The fraction of sp³-hybridized carbons (Fsp3) is 0.714. The van der Waals surface area contributed by atoms with Crippen molar-refractivity contribution < 1.29 is 9.47 Å². The zero-order chi connectivity index (χ0) is 7.33. The summed E-state index contributed by atoms with van der Waals surface area (Å²) in [5.41, 5.74) is -0.247. The Morgan fingerprint density at radius 2 is 2.00 bits per heavy atom. The minimum absolute atomic E-state index is 0.247. The van der Waals surface area contributed by atoms with Crippen LogP contribution in [0.15, 0.2) is 0 Å². The zero-order valence-electron chi connectivity index (χ0n) is 6.14. The summed E-state index contributed by atoms with van der Waals surface area (Å²) in [7, 11) is 3.25. The van der Waals surface area contributed by atoms with Crippen LogP contribution in [0.1, 0.15) is 13.8 Å². The maximum absolute atomic E-state index is 5.19. The minimum Gasteiger partial charge on any atom is -0.376 e. The molecule has 0 rings (SSSR count). The van der Waals surface area contributed by atoms with E-state index in [1.54, 1.807) is 0 Å². The molecule has 0 atom stereocenters. The van der Waals surface area contributed by atoms with E-state index in [4.69, 9.17) is 4.74 Å². The van der Waals surface area contributed by atoms with Gasteiger partial charge < -0.3 is 9.47 Å². The summed E-state index contributed by atoms with van der Waals surface area (Å²) >= 11 is 0. The van der Waals surface area contributed by atoms with Crippen LogP contribution < -0.4 is 0 Å². The highest BCUT2D eigenvalue weighted by atomic mass is 16.5. The van der Waals surface area contributed by atoms with Crippen molar-refractivity contribution >= 4 is 0 Å². The molecule has 0 heterocycles. The summed E-state index contributed by atoms with van der Waals surface area (Å²) in [6, 6.07) is 0. The van der Waals surface area contributed by atoms with Crippen molar-refractivity contribution in [3.8, 4) is 0 Å². The summed E-state index contributed by atoms with van der Waals surface area (Å²) in [6.07, 6.45) is 0. The Hall–Kier alpha value is -0.0800. The van der Waals surface area contributed by atoms with Crippen LogP contribution >= 0.6 is 0 Å². The molecule has 2 heteroatoms. The lowest BCUT2D eigenvalue weighted by Gasteiger charge is -2.22. The first-order chi connectivity index (χ1) is 4.12. The van der Waals surface area contributed by atoms with Crippen LogP contribution in [0.5, 0.6) is 0 Å². The number of ether oxygens (including phenoxy) is 2. The van der Waals surface area contributed by atoms with E-state index in [1.165, 1.54) is 0 Å². The predicted molar refractivity (Wildman–Crippen MR) is 36.7 cm³/mol. The highest BCUT2D eigenvalue weighted by Crippen LogP contribution is 2.07. The summed E-state index contributed by atoms with van der Waals surface area (Å²) in [5.74, 6) is 0. The van der Waals surface area contributed by atoms with E-state index in [-0.39, 0.29) is 5.60 Å². The van der Waals surface area contributed by atoms with Gasteiger partial charge in [-0.2, -0.15) is 0 Å². The van der Waals surface area contributed by atoms with E-state index in [0.29, 0.717) is 13.2 Å². The molecule has 0 N–H and O–H groups in total. The maximum Gasteiger partial charge on any atom is 0.0858 e. The van der Waals surface area contributed by atoms with E-state index in [2.05, 4.69) is 18.8 Å². The number of hydrogen-bond donors (Lipinski definition) is 0. The highest BCUT2D eigenvalue weighted by molar-refractivity contribution is 4.67. The van der Waals surface area contributed by atoms with E-state index < -0.39 is 0 Å². The molecule has 0 aromatic heterocycles. The first-order valence-corrected chi connectivity index (χ1v) is 2.92. The van der Waals surface area contributed by atoms with Gasteiger partial charge in [0, 0.05) is 6.61 Å². The van der Waals surface area contributed by atoms with E-state index >= 15 is 0 Å². The van der Waals surface area contributed by atoms with Gasteiger partial charge in [-0.15, -0.1) is 0 Å². The number of hydrogen-bond acceptors (Lipinski definition) is 2. The molecule has 0 aromatic carbocycles. The van der Waals surface area contributed by atoms with Crippen LogP contribution in [0.4, 0.5) is 0 Å². The van der Waals surface area contributed by atoms with Crippen LogP contribution in [-0.2, 0) is 9.47 Å². The standard InChI is InChI=1S/C7H14O2/c1-5-9-7(2,3)6-8-4/h1,4-6H2,2-3H3. The second-order valence-electron chi connectivity index (χ2n) is 2.46. The monoisotopic (exact) mass is 130 g/mol. The minimum atomic E-state index is -0.247. The molecule has 0 aromatic rings. The lowest BCUT2D eigenvalue weighted by molar-refractivity contribution is -0.0463. The molecule has 2 radical (unpaired) electrons. The van der Waals surface area contributed by atoms with Crippen molar-refractivity contribution in [1.82, 2.24) is 0 Å². The van der Waals surface area contributed by atoms with Crippen LogP contribution in [-0.4, -0.2) is 18.8 Å². The third-order valence-electron chi connectivity index (χ3n) is 0.942. The summed E-state index contributed by atoms with van der Waals surface area (Å²) in [5, 5.41) is 0. The molecule has 0 saturated heterocycles. The first-order valence-electron chi connectivity index (χ1n) is 2.92. The molecule has 0 aliphatic carbocycles. The third kappa shape index (κ3) is 4.43. The van der Waals surface area contributed by atoms with E-state index in [0.717, 1.165) is 0 Å². The number of rotatable bonds is 4. The molecule has 0 aliphatic rings. The quantitative estimate of drug-likeness (QED) is 0.573. The zero-order valence-corrected chi connectivity index (χ0v) is 6.14. The third-order valence-corrected chi connectivity index (χ3v) is 0.942. The molecule has 0 fully saturated rings. The fourth-order valence-electron chi connectivity index (χ4n) is 0.564. The SMILES string of the molecule is [CH2]COC(C)(C)CO[CH2]. The van der Waals surface area contributed by atoms with Crippen LogP contribution in [0, 0.1) is 14.0 Å². The Kier molecular flexibility index (Phi) is 3.82. The van der Waals surface area contributed by atoms with Gasteiger partial charge >= 0.3 is 0 Å². The molecule has 0 unspecified atom stereocenters. The van der Waals surface area contributed by atoms with Gasteiger partial charge in [0.1, 0.15) is 0 Å². The smallest absolute Gasteiger partial charge is 0.0858 e.